The van der Waals surface area contributed by atoms with Crippen LogP contribution in [0.25, 0.3) is 10.4 Å². The van der Waals surface area contributed by atoms with Gasteiger partial charge in [0.25, 0.3) is 12.3 Å². The quantitative estimate of drug-likeness (QED) is 0.544. The summed E-state index contributed by atoms with van der Waals surface area (Å²) in [6.07, 6.45) is 4.48. The lowest BCUT2D eigenvalue weighted by Crippen LogP contribution is -2.34. The number of carbonyl (C=O) groups excluding carboxylic acids is 2. The molecule has 4 rings (SSSR count). The smallest absolute Gasteiger partial charge is 0.367 e. The molecule has 2 aromatic heterocycles. The number of likely N-dealkylation sites (tertiary alicyclic amines) is 1. The van der Waals surface area contributed by atoms with Crippen LogP contribution in [0.4, 0.5) is 14.6 Å². The highest BCUT2D eigenvalue weighted by Gasteiger charge is 2.33. The molecule has 1 saturated carbocycles. The van der Waals surface area contributed by atoms with Gasteiger partial charge in [-0.1, -0.05) is 12.8 Å². The molecule has 0 aromatic carbocycles. The van der Waals surface area contributed by atoms with Crippen molar-refractivity contribution < 1.29 is 23.1 Å². The van der Waals surface area contributed by atoms with Crippen molar-refractivity contribution in [3.8, 4) is 10.4 Å². The number of esters is 1. The number of alkyl halides is 2. The minimum atomic E-state index is -2.78. The first kappa shape index (κ1) is 23.5. The molecule has 178 valence electrons. The number of rotatable bonds is 7. The summed E-state index contributed by atoms with van der Waals surface area (Å²) < 4.78 is 33.3. The zero-order chi connectivity index (χ0) is 23.5. The average molecular weight is 479 g/mol. The molecule has 0 radical (unpaired) electrons. The van der Waals surface area contributed by atoms with E-state index in [4.69, 9.17) is 4.74 Å². The minimum absolute atomic E-state index is 0.00277. The van der Waals surface area contributed by atoms with Gasteiger partial charge < -0.3 is 15.0 Å². The van der Waals surface area contributed by atoms with E-state index in [-0.39, 0.29) is 51.3 Å². The van der Waals surface area contributed by atoms with Crippen molar-refractivity contribution in [2.75, 3.05) is 18.5 Å². The summed E-state index contributed by atoms with van der Waals surface area (Å²) in [5.74, 6) is -0.657. The second-order valence-electron chi connectivity index (χ2n) is 8.49. The number of amides is 1. The molecular weight excluding hydrogens is 450 g/mol. The van der Waals surface area contributed by atoms with Crippen LogP contribution in [0.3, 0.4) is 0 Å². The minimum Gasteiger partial charge on any atom is -0.461 e. The molecule has 1 amide bonds. The van der Waals surface area contributed by atoms with E-state index in [1.807, 2.05) is 6.92 Å². The number of nitrogens with one attached hydrogen (secondary N) is 1. The van der Waals surface area contributed by atoms with E-state index in [1.165, 1.54) is 12.3 Å². The van der Waals surface area contributed by atoms with Crippen LogP contribution >= 0.6 is 11.3 Å². The molecule has 10 heteroatoms. The molecule has 1 unspecified atom stereocenters. The number of hydrogen-bond acceptors (Lipinski definition) is 7. The van der Waals surface area contributed by atoms with E-state index >= 15 is 0 Å². The Balaban J connectivity index is 1.75. The normalized spacial score (nSPS) is 18.8. The lowest BCUT2D eigenvalue weighted by molar-refractivity contribution is 0.0525. The fourth-order valence-corrected chi connectivity index (χ4v) is 5.48. The molecule has 2 aromatic rings. The Hall–Kier alpha value is -2.62. The van der Waals surface area contributed by atoms with Crippen LogP contribution in [0.15, 0.2) is 12.3 Å². The zero-order valence-electron chi connectivity index (χ0n) is 18.8. The number of halogens is 2. The topological polar surface area (TPSA) is 84.4 Å². The summed E-state index contributed by atoms with van der Waals surface area (Å²) in [5.41, 5.74) is -0.129. The molecular formula is C23H28F2N4O3S. The first-order chi connectivity index (χ1) is 15.9. The lowest BCUT2D eigenvalue weighted by atomic mass is 10.1. The predicted octanol–water partition coefficient (Wildman–Crippen LogP) is 5.30. The Labute approximate surface area is 195 Å². The monoisotopic (exact) mass is 478 g/mol. The van der Waals surface area contributed by atoms with Crippen LogP contribution in [0.5, 0.6) is 0 Å². The highest BCUT2D eigenvalue weighted by atomic mass is 32.1. The number of pyridine rings is 1. The molecule has 0 bridgehead atoms. The van der Waals surface area contributed by atoms with Crippen molar-refractivity contribution in [1.29, 1.82) is 0 Å². The Bertz CT molecular complexity index is 1020. The van der Waals surface area contributed by atoms with Crippen LogP contribution in [0.1, 0.15) is 84.7 Å². The largest absolute Gasteiger partial charge is 0.461 e. The first-order valence-electron chi connectivity index (χ1n) is 11.4. The molecule has 1 saturated heterocycles. The third-order valence-corrected chi connectivity index (χ3v) is 7.29. The lowest BCUT2D eigenvalue weighted by Gasteiger charge is -2.21. The average Bonchev–Trinajstić information content (AvgIpc) is 3.54. The molecule has 3 heterocycles. The van der Waals surface area contributed by atoms with Gasteiger partial charge in [0, 0.05) is 36.0 Å². The van der Waals surface area contributed by atoms with Crippen molar-refractivity contribution in [2.45, 2.75) is 70.9 Å². The number of thiazole rings is 1. The number of ether oxygens (including phenoxy) is 1. The van der Waals surface area contributed by atoms with Gasteiger partial charge in [0.1, 0.15) is 11.5 Å². The van der Waals surface area contributed by atoms with Crippen LogP contribution in [0, 0.1) is 0 Å². The molecule has 1 atom stereocenters. The fraction of sp³-hybridized carbons (Fsp3) is 0.565. The van der Waals surface area contributed by atoms with E-state index < -0.39 is 12.4 Å². The van der Waals surface area contributed by atoms with Crippen LogP contribution in [-0.4, -0.2) is 52.0 Å². The summed E-state index contributed by atoms with van der Waals surface area (Å²) in [6.45, 7) is 4.32. The van der Waals surface area contributed by atoms with Crippen molar-refractivity contribution in [2.24, 2.45) is 0 Å². The maximum atomic E-state index is 14.1. The number of nitrogens with zero attached hydrogens (tertiary/aromatic N) is 3. The van der Waals surface area contributed by atoms with Crippen LogP contribution < -0.4 is 5.32 Å². The summed E-state index contributed by atoms with van der Waals surface area (Å²) in [5, 5.41) is 3.20. The van der Waals surface area contributed by atoms with Crippen molar-refractivity contribution in [3.05, 3.63) is 28.5 Å². The number of carbonyl (C=O) groups is 2. The second kappa shape index (κ2) is 10.1. The molecule has 1 aliphatic carbocycles. The van der Waals surface area contributed by atoms with Gasteiger partial charge in [0.15, 0.2) is 0 Å². The van der Waals surface area contributed by atoms with Gasteiger partial charge >= 0.3 is 5.97 Å². The Morgan fingerprint density at radius 2 is 2.03 bits per heavy atom. The first-order valence-corrected chi connectivity index (χ1v) is 12.2. The van der Waals surface area contributed by atoms with E-state index in [9.17, 15) is 18.4 Å². The maximum Gasteiger partial charge on any atom is 0.367 e. The third-order valence-electron chi connectivity index (χ3n) is 6.22. The van der Waals surface area contributed by atoms with Gasteiger partial charge in [-0.2, -0.15) is 0 Å². The van der Waals surface area contributed by atoms with Crippen molar-refractivity contribution in [1.82, 2.24) is 14.9 Å². The van der Waals surface area contributed by atoms with Gasteiger partial charge in [-0.3, -0.25) is 4.79 Å². The van der Waals surface area contributed by atoms with Gasteiger partial charge in [-0.15, -0.1) is 11.3 Å². The Kier molecular flexibility index (Phi) is 7.21. The van der Waals surface area contributed by atoms with Crippen LogP contribution in [0.2, 0.25) is 0 Å². The fourth-order valence-electron chi connectivity index (χ4n) is 4.50. The standard InChI is InChI=1S/C23H28F2N4O3S/c1-3-32-23(31)21-28-18(22(30)29-10-6-7-13(29)2)19(33-21)16-12-26-17(11-15(16)20(24)25)27-14-8-4-5-9-14/h11-14,20H,3-10H2,1-2H3,(H,26,27). The molecule has 1 aliphatic heterocycles. The third kappa shape index (κ3) is 5.00. The van der Waals surface area contributed by atoms with Gasteiger partial charge in [0.2, 0.25) is 5.01 Å². The Morgan fingerprint density at radius 1 is 1.27 bits per heavy atom. The second-order valence-corrected chi connectivity index (χ2v) is 9.49. The van der Waals surface area contributed by atoms with Gasteiger partial charge in [0.05, 0.1) is 11.5 Å². The molecule has 7 nitrogen and oxygen atoms in total. The van der Waals surface area contributed by atoms with Crippen molar-refractivity contribution in [3.63, 3.8) is 0 Å². The van der Waals surface area contributed by atoms with Crippen LogP contribution in [-0.2, 0) is 4.74 Å². The van der Waals surface area contributed by atoms with E-state index in [1.54, 1.807) is 11.8 Å². The molecule has 33 heavy (non-hydrogen) atoms. The highest BCUT2D eigenvalue weighted by molar-refractivity contribution is 7.17. The van der Waals surface area contributed by atoms with Gasteiger partial charge in [-0.25, -0.2) is 23.5 Å². The number of hydrogen-bond donors (Lipinski definition) is 1. The molecule has 1 N–H and O–H groups in total. The van der Waals surface area contributed by atoms with E-state index in [0.29, 0.717) is 12.4 Å². The maximum absolute atomic E-state index is 14.1. The summed E-state index contributed by atoms with van der Waals surface area (Å²) in [7, 11) is 0. The summed E-state index contributed by atoms with van der Waals surface area (Å²) >= 11 is 0.892. The van der Waals surface area contributed by atoms with E-state index in [0.717, 1.165) is 49.9 Å². The molecule has 2 aliphatic rings. The highest BCUT2D eigenvalue weighted by Crippen LogP contribution is 2.39. The van der Waals surface area contributed by atoms with E-state index in [2.05, 4.69) is 15.3 Å². The SMILES string of the molecule is CCOC(=O)c1nc(C(=O)N2CCCC2C)c(-c2cnc(NC3CCCC3)cc2C(F)F)s1. The predicted molar refractivity (Wildman–Crippen MR) is 122 cm³/mol. The van der Waals surface area contributed by atoms with Gasteiger partial charge in [-0.05, 0) is 45.6 Å². The molecule has 0 spiro atoms. The summed E-state index contributed by atoms with van der Waals surface area (Å²) in [6, 6.07) is 1.58. The zero-order valence-corrected chi connectivity index (χ0v) is 19.6. The Morgan fingerprint density at radius 3 is 2.67 bits per heavy atom. The molecule has 2 fully saturated rings. The van der Waals surface area contributed by atoms with Crippen molar-refractivity contribution >= 4 is 29.0 Å². The summed E-state index contributed by atoms with van der Waals surface area (Å²) in [4.78, 5) is 36.2. The number of aromatic nitrogens is 2. The number of anilines is 1.